The Morgan fingerprint density at radius 2 is 1.85 bits per heavy atom. The van der Waals surface area contributed by atoms with Crippen molar-refractivity contribution in [3.63, 3.8) is 0 Å². The van der Waals surface area contributed by atoms with Crippen LogP contribution in [0, 0.1) is 5.41 Å². The van der Waals surface area contributed by atoms with E-state index >= 15 is 0 Å². The Bertz CT molecular complexity index is 695. The molecule has 1 saturated carbocycles. The van der Waals surface area contributed by atoms with Gasteiger partial charge < -0.3 is 10.2 Å². The molecule has 1 aromatic rings. The molecule has 26 heavy (non-hydrogen) atoms. The number of alkyl halides is 6. The van der Waals surface area contributed by atoms with Crippen molar-refractivity contribution in [1.82, 2.24) is 10.2 Å². The van der Waals surface area contributed by atoms with Gasteiger partial charge in [0.15, 0.2) is 0 Å². The second-order valence-corrected chi connectivity index (χ2v) is 6.97. The zero-order valence-electron chi connectivity index (χ0n) is 13.9. The summed E-state index contributed by atoms with van der Waals surface area (Å²) in [6, 6.07) is 3.50. The zero-order chi connectivity index (χ0) is 19.3. The molecule has 2 fully saturated rings. The molecule has 144 valence electrons. The van der Waals surface area contributed by atoms with Crippen molar-refractivity contribution in [2.24, 2.45) is 5.41 Å². The van der Waals surface area contributed by atoms with E-state index in [1.807, 2.05) is 0 Å². The van der Waals surface area contributed by atoms with Crippen LogP contribution < -0.4 is 5.32 Å². The maximum Gasteiger partial charge on any atom is 0.416 e. The predicted molar refractivity (Wildman–Crippen MR) is 81.1 cm³/mol. The molecule has 1 heterocycles. The van der Waals surface area contributed by atoms with Crippen molar-refractivity contribution in [2.75, 3.05) is 13.1 Å². The number of carbonyl (C=O) groups is 1. The van der Waals surface area contributed by atoms with E-state index in [-0.39, 0.29) is 25.9 Å². The molecule has 0 spiro atoms. The lowest BCUT2D eigenvalue weighted by Crippen LogP contribution is -2.57. The van der Waals surface area contributed by atoms with Gasteiger partial charge in [0.25, 0.3) is 0 Å². The maximum atomic E-state index is 13.2. The SMILES string of the molecule is C[C@@H]1CN[C@@H](c2cccc(C(F)(F)F)c2)CN1C(=O)C1(C(F)(F)F)CC1. The Kier molecular flexibility index (Phi) is 4.49. The molecule has 1 amide bonds. The van der Waals surface area contributed by atoms with Gasteiger partial charge in [-0.05, 0) is 37.5 Å². The third kappa shape index (κ3) is 3.28. The second kappa shape index (κ2) is 6.14. The summed E-state index contributed by atoms with van der Waals surface area (Å²) in [4.78, 5) is 13.7. The lowest BCUT2D eigenvalue weighted by atomic mass is 9.97. The fraction of sp³-hybridized carbons (Fsp3) is 0.588. The lowest BCUT2D eigenvalue weighted by Gasteiger charge is -2.41. The van der Waals surface area contributed by atoms with Crippen molar-refractivity contribution < 1.29 is 31.1 Å². The Balaban J connectivity index is 1.82. The van der Waals surface area contributed by atoms with Crippen LogP contribution in [-0.2, 0) is 11.0 Å². The van der Waals surface area contributed by atoms with E-state index in [0.29, 0.717) is 5.56 Å². The molecule has 1 aromatic carbocycles. The number of rotatable bonds is 2. The molecule has 0 bridgehead atoms. The summed E-state index contributed by atoms with van der Waals surface area (Å²) in [5.41, 5.74) is -2.86. The highest BCUT2D eigenvalue weighted by atomic mass is 19.4. The summed E-state index contributed by atoms with van der Waals surface area (Å²) < 4.78 is 78.4. The molecule has 3 rings (SSSR count). The Labute approximate surface area is 146 Å². The van der Waals surface area contributed by atoms with Gasteiger partial charge in [0.05, 0.1) is 5.56 Å². The first-order valence-electron chi connectivity index (χ1n) is 8.24. The largest absolute Gasteiger partial charge is 0.416 e. The summed E-state index contributed by atoms with van der Waals surface area (Å²) in [6.45, 7) is 1.74. The monoisotopic (exact) mass is 380 g/mol. The van der Waals surface area contributed by atoms with Crippen LogP contribution in [0.15, 0.2) is 24.3 Å². The average molecular weight is 380 g/mol. The fourth-order valence-electron chi connectivity index (χ4n) is 3.32. The smallest absolute Gasteiger partial charge is 0.336 e. The highest BCUT2D eigenvalue weighted by Crippen LogP contribution is 2.59. The number of benzene rings is 1. The lowest BCUT2D eigenvalue weighted by molar-refractivity contribution is -0.200. The number of amides is 1. The summed E-state index contributed by atoms with van der Waals surface area (Å²) in [7, 11) is 0. The maximum absolute atomic E-state index is 13.2. The molecular weight excluding hydrogens is 362 g/mol. The van der Waals surface area contributed by atoms with Crippen molar-refractivity contribution >= 4 is 5.91 Å². The molecule has 1 N–H and O–H groups in total. The standard InChI is InChI=1S/C17H18F6N2O/c1-10-8-24-13(11-3-2-4-12(7-11)16(18,19)20)9-25(10)14(26)15(5-6-15)17(21,22)23/h2-4,7,10,13,24H,5-6,8-9H2,1H3/t10-,13-/m1/s1. The van der Waals surface area contributed by atoms with Gasteiger partial charge in [-0.15, -0.1) is 0 Å². The Morgan fingerprint density at radius 3 is 2.38 bits per heavy atom. The van der Waals surface area contributed by atoms with E-state index in [1.165, 1.54) is 12.1 Å². The van der Waals surface area contributed by atoms with Crippen molar-refractivity contribution in [2.45, 2.75) is 44.2 Å². The molecule has 0 radical (unpaired) electrons. The first-order chi connectivity index (χ1) is 12.0. The van der Waals surface area contributed by atoms with Gasteiger partial charge in [-0.2, -0.15) is 26.3 Å². The number of hydrogen-bond donors (Lipinski definition) is 1. The first-order valence-corrected chi connectivity index (χ1v) is 8.24. The van der Waals surface area contributed by atoms with Crippen LogP contribution in [0.1, 0.15) is 36.9 Å². The van der Waals surface area contributed by atoms with E-state index in [1.54, 1.807) is 6.92 Å². The van der Waals surface area contributed by atoms with Crippen LogP contribution >= 0.6 is 0 Å². The van der Waals surface area contributed by atoms with Gasteiger partial charge in [-0.3, -0.25) is 4.79 Å². The minimum absolute atomic E-state index is 0.0981. The average Bonchev–Trinajstić information content (AvgIpc) is 3.35. The predicted octanol–water partition coefficient (Wildman–Crippen LogP) is 3.91. The van der Waals surface area contributed by atoms with E-state index < -0.39 is 41.3 Å². The highest BCUT2D eigenvalue weighted by Gasteiger charge is 2.69. The summed E-state index contributed by atoms with van der Waals surface area (Å²) in [5.74, 6) is -0.976. The molecule has 0 unspecified atom stereocenters. The highest BCUT2D eigenvalue weighted by molar-refractivity contribution is 5.86. The van der Waals surface area contributed by atoms with Crippen molar-refractivity contribution in [3.8, 4) is 0 Å². The number of carbonyl (C=O) groups excluding carboxylic acids is 1. The molecule has 0 aromatic heterocycles. The first kappa shape index (κ1) is 19.0. The third-order valence-electron chi connectivity index (χ3n) is 5.15. The van der Waals surface area contributed by atoms with Gasteiger partial charge in [-0.25, -0.2) is 0 Å². The fourth-order valence-corrected chi connectivity index (χ4v) is 3.32. The van der Waals surface area contributed by atoms with E-state index in [2.05, 4.69) is 5.32 Å². The number of hydrogen-bond acceptors (Lipinski definition) is 2. The second-order valence-electron chi connectivity index (χ2n) is 6.97. The number of piperazine rings is 1. The van der Waals surface area contributed by atoms with Gasteiger partial charge in [0.2, 0.25) is 5.91 Å². The van der Waals surface area contributed by atoms with E-state index in [0.717, 1.165) is 17.0 Å². The quantitative estimate of drug-likeness (QED) is 0.789. The Hall–Kier alpha value is -1.77. The topological polar surface area (TPSA) is 32.3 Å². The van der Waals surface area contributed by atoms with Crippen LogP contribution in [0.5, 0.6) is 0 Å². The summed E-state index contributed by atoms with van der Waals surface area (Å²) in [5, 5.41) is 3.02. The number of nitrogens with one attached hydrogen (secondary N) is 1. The van der Waals surface area contributed by atoms with Gasteiger partial charge >= 0.3 is 12.4 Å². The molecule has 2 atom stereocenters. The van der Waals surface area contributed by atoms with Crippen molar-refractivity contribution in [3.05, 3.63) is 35.4 Å². The van der Waals surface area contributed by atoms with Gasteiger partial charge in [0, 0.05) is 25.2 Å². The van der Waals surface area contributed by atoms with E-state index in [4.69, 9.17) is 0 Å². The zero-order valence-corrected chi connectivity index (χ0v) is 13.9. The minimum Gasteiger partial charge on any atom is -0.336 e. The minimum atomic E-state index is -4.61. The van der Waals surface area contributed by atoms with Crippen molar-refractivity contribution in [1.29, 1.82) is 0 Å². The molecule has 3 nitrogen and oxygen atoms in total. The molecule has 9 heteroatoms. The molecule has 1 aliphatic heterocycles. The van der Waals surface area contributed by atoms with Crippen LogP contribution in [-0.4, -0.2) is 36.1 Å². The number of nitrogens with zero attached hydrogens (tertiary/aromatic N) is 1. The normalized spacial score (nSPS) is 25.9. The van der Waals surface area contributed by atoms with Crippen LogP contribution in [0.3, 0.4) is 0 Å². The summed E-state index contributed by atoms with van der Waals surface area (Å²) >= 11 is 0. The molecule has 1 aliphatic carbocycles. The van der Waals surface area contributed by atoms with Gasteiger partial charge in [0.1, 0.15) is 5.41 Å². The molecule has 2 aliphatic rings. The van der Waals surface area contributed by atoms with Crippen LogP contribution in [0.2, 0.25) is 0 Å². The third-order valence-corrected chi connectivity index (χ3v) is 5.15. The van der Waals surface area contributed by atoms with Gasteiger partial charge in [-0.1, -0.05) is 12.1 Å². The molecule has 1 saturated heterocycles. The number of halogens is 6. The summed E-state index contributed by atoms with van der Waals surface area (Å²) in [6.07, 6.45) is -9.59. The Morgan fingerprint density at radius 1 is 1.19 bits per heavy atom. The van der Waals surface area contributed by atoms with Crippen LogP contribution in [0.25, 0.3) is 0 Å². The van der Waals surface area contributed by atoms with E-state index in [9.17, 15) is 31.1 Å². The molecular formula is C17H18F6N2O. The van der Waals surface area contributed by atoms with Crippen LogP contribution in [0.4, 0.5) is 26.3 Å².